The zero-order valence-electron chi connectivity index (χ0n) is 10.8. The summed E-state index contributed by atoms with van der Waals surface area (Å²) in [6.07, 6.45) is 3.39. The molecule has 3 rings (SSSR count). The number of imidazole rings is 1. The highest BCUT2D eigenvalue weighted by molar-refractivity contribution is 6.20. The first-order valence-corrected chi connectivity index (χ1v) is 6.57. The van der Waals surface area contributed by atoms with Gasteiger partial charge in [0, 0.05) is 11.3 Å². The molecule has 0 aliphatic heterocycles. The van der Waals surface area contributed by atoms with Gasteiger partial charge in [-0.15, -0.1) is 11.6 Å². The maximum absolute atomic E-state index is 6.23. The molecule has 0 aromatic carbocycles. The number of hydrogen-bond donors (Lipinski definition) is 0. The molecule has 3 aromatic heterocycles. The molecule has 0 fully saturated rings. The van der Waals surface area contributed by atoms with E-state index in [4.69, 9.17) is 16.0 Å². The van der Waals surface area contributed by atoms with Crippen molar-refractivity contribution < 1.29 is 4.42 Å². The van der Waals surface area contributed by atoms with Crippen LogP contribution in [0.15, 0.2) is 35.1 Å². The summed E-state index contributed by atoms with van der Waals surface area (Å²) >= 11 is 6.23. The Hall–Kier alpha value is -1.81. The normalized spacial score (nSPS) is 13.0. The summed E-state index contributed by atoms with van der Waals surface area (Å²) in [6.45, 7) is 4.55. The van der Waals surface area contributed by atoms with Crippen molar-refractivity contribution in [3.63, 3.8) is 0 Å². The van der Waals surface area contributed by atoms with Gasteiger partial charge < -0.3 is 8.98 Å². The van der Waals surface area contributed by atoms with Crippen molar-refractivity contribution in [2.45, 2.75) is 25.8 Å². The molecule has 19 heavy (non-hydrogen) atoms. The van der Waals surface area contributed by atoms with Crippen LogP contribution >= 0.6 is 11.6 Å². The molecule has 3 aromatic rings. The molecule has 0 saturated heterocycles. The van der Waals surface area contributed by atoms with Crippen molar-refractivity contribution in [1.29, 1.82) is 0 Å². The van der Waals surface area contributed by atoms with E-state index in [-0.39, 0.29) is 5.38 Å². The summed E-state index contributed by atoms with van der Waals surface area (Å²) in [4.78, 5) is 9.14. The molecule has 1 unspecified atom stereocenters. The van der Waals surface area contributed by atoms with E-state index in [1.807, 2.05) is 36.6 Å². The van der Waals surface area contributed by atoms with Crippen LogP contribution in [0.2, 0.25) is 0 Å². The summed E-state index contributed by atoms with van der Waals surface area (Å²) in [5.74, 6) is 0.830. The maximum Gasteiger partial charge on any atom is 0.160 e. The number of alkyl halides is 1. The fraction of sp³-hybridized carbons (Fsp3) is 0.286. The number of aryl methyl sites for hydroxylation is 1. The third-order valence-electron chi connectivity index (χ3n) is 3.04. The molecule has 4 nitrogen and oxygen atoms in total. The van der Waals surface area contributed by atoms with Crippen LogP contribution in [0.3, 0.4) is 0 Å². The zero-order chi connectivity index (χ0) is 13.4. The van der Waals surface area contributed by atoms with Gasteiger partial charge in [-0.1, -0.05) is 0 Å². The number of fused-ring (bicyclic) bond motifs is 1. The molecule has 0 amide bonds. The minimum atomic E-state index is -0.165. The Morgan fingerprint density at radius 3 is 2.84 bits per heavy atom. The quantitative estimate of drug-likeness (QED) is 0.685. The monoisotopic (exact) mass is 275 g/mol. The number of nitrogens with zero attached hydrogens (tertiary/aromatic N) is 3. The Bertz CT molecular complexity index is 701. The molecule has 0 radical (unpaired) electrons. The molecule has 0 aliphatic rings. The van der Waals surface area contributed by atoms with Crippen molar-refractivity contribution >= 4 is 22.8 Å². The molecule has 98 valence electrons. The van der Waals surface area contributed by atoms with Crippen molar-refractivity contribution in [1.82, 2.24) is 14.5 Å². The van der Waals surface area contributed by atoms with Gasteiger partial charge in [-0.3, -0.25) is 0 Å². The van der Waals surface area contributed by atoms with E-state index in [1.165, 1.54) is 0 Å². The van der Waals surface area contributed by atoms with Crippen molar-refractivity contribution in [3.05, 3.63) is 47.8 Å². The highest BCUT2D eigenvalue weighted by atomic mass is 35.5. The fourth-order valence-corrected chi connectivity index (χ4v) is 2.31. The summed E-state index contributed by atoms with van der Waals surface area (Å²) in [5.41, 5.74) is 3.77. The largest absolute Gasteiger partial charge is 0.472 e. The van der Waals surface area contributed by atoms with E-state index < -0.39 is 0 Å². The van der Waals surface area contributed by atoms with Gasteiger partial charge in [0.2, 0.25) is 0 Å². The fourth-order valence-electron chi connectivity index (χ4n) is 2.14. The summed E-state index contributed by atoms with van der Waals surface area (Å²) in [5, 5.41) is -0.165. The highest BCUT2D eigenvalue weighted by Gasteiger charge is 2.16. The first-order valence-electron chi connectivity index (χ1n) is 6.14. The number of hydrogen-bond acceptors (Lipinski definition) is 3. The Morgan fingerprint density at radius 1 is 1.32 bits per heavy atom. The molecule has 0 saturated carbocycles. The second-order valence-corrected chi connectivity index (χ2v) is 5.25. The number of furan rings is 1. The Balaban J connectivity index is 2.18. The summed E-state index contributed by atoms with van der Waals surface area (Å²) in [6, 6.07) is 5.87. The molecule has 3 heterocycles. The maximum atomic E-state index is 6.23. The lowest BCUT2D eigenvalue weighted by Crippen LogP contribution is -2.06. The lowest BCUT2D eigenvalue weighted by atomic mass is 10.3. The van der Waals surface area contributed by atoms with Gasteiger partial charge in [0.1, 0.15) is 11.3 Å². The highest BCUT2D eigenvalue weighted by Crippen LogP contribution is 2.24. The summed E-state index contributed by atoms with van der Waals surface area (Å²) in [7, 11) is 0. The number of rotatable bonds is 3. The van der Waals surface area contributed by atoms with Gasteiger partial charge in [-0.25, -0.2) is 9.97 Å². The predicted molar refractivity (Wildman–Crippen MR) is 74.3 cm³/mol. The van der Waals surface area contributed by atoms with Crippen LogP contribution in [-0.2, 0) is 6.54 Å². The Labute approximate surface area is 116 Å². The molecule has 0 bridgehead atoms. The van der Waals surface area contributed by atoms with Gasteiger partial charge in [0.25, 0.3) is 0 Å². The Morgan fingerprint density at radius 2 is 2.16 bits per heavy atom. The predicted octanol–water partition coefficient (Wildman–Crippen LogP) is 3.68. The van der Waals surface area contributed by atoms with E-state index in [0.717, 1.165) is 28.2 Å². The van der Waals surface area contributed by atoms with Gasteiger partial charge in [-0.2, -0.15) is 0 Å². The number of aromatic nitrogens is 3. The van der Waals surface area contributed by atoms with Crippen LogP contribution in [0, 0.1) is 6.92 Å². The SMILES string of the molecule is Cc1ccc2nc(C(C)Cl)n(Cc3ccoc3)c2n1. The molecule has 0 N–H and O–H groups in total. The van der Waals surface area contributed by atoms with Crippen molar-refractivity contribution in [2.75, 3.05) is 0 Å². The van der Waals surface area contributed by atoms with E-state index in [0.29, 0.717) is 6.54 Å². The average molecular weight is 276 g/mol. The van der Waals surface area contributed by atoms with Crippen molar-refractivity contribution in [2.24, 2.45) is 0 Å². The molecular weight excluding hydrogens is 262 g/mol. The second-order valence-electron chi connectivity index (χ2n) is 4.60. The average Bonchev–Trinajstić information content (AvgIpc) is 2.98. The first kappa shape index (κ1) is 12.2. The van der Waals surface area contributed by atoms with Crippen LogP contribution in [0.1, 0.15) is 29.4 Å². The van der Waals surface area contributed by atoms with Crippen LogP contribution in [0.25, 0.3) is 11.2 Å². The summed E-state index contributed by atoms with van der Waals surface area (Å²) < 4.78 is 7.16. The Kier molecular flexibility index (Phi) is 3.03. The molecule has 0 aliphatic carbocycles. The minimum absolute atomic E-state index is 0.165. The second kappa shape index (κ2) is 4.70. The standard InChI is InChI=1S/C14H14ClN3O/c1-9-3-4-12-14(16-9)18(13(17-12)10(2)15)7-11-5-6-19-8-11/h3-6,8,10H,7H2,1-2H3. The number of halogens is 1. The minimum Gasteiger partial charge on any atom is -0.472 e. The van der Waals surface area contributed by atoms with E-state index in [2.05, 4.69) is 9.97 Å². The lowest BCUT2D eigenvalue weighted by molar-refractivity contribution is 0.561. The van der Waals surface area contributed by atoms with Gasteiger partial charge in [-0.05, 0) is 32.0 Å². The van der Waals surface area contributed by atoms with Gasteiger partial charge in [0.15, 0.2) is 5.65 Å². The van der Waals surface area contributed by atoms with Gasteiger partial charge in [0.05, 0.1) is 24.4 Å². The molecule has 5 heteroatoms. The zero-order valence-corrected chi connectivity index (χ0v) is 11.6. The molecule has 1 atom stereocenters. The molecular formula is C14H14ClN3O. The third-order valence-corrected chi connectivity index (χ3v) is 3.23. The topological polar surface area (TPSA) is 43.9 Å². The smallest absolute Gasteiger partial charge is 0.160 e. The lowest BCUT2D eigenvalue weighted by Gasteiger charge is -2.08. The number of pyridine rings is 1. The molecule has 0 spiro atoms. The first-order chi connectivity index (χ1) is 9.15. The van der Waals surface area contributed by atoms with E-state index in [9.17, 15) is 0 Å². The van der Waals surface area contributed by atoms with Crippen LogP contribution in [0.4, 0.5) is 0 Å². The van der Waals surface area contributed by atoms with Crippen molar-refractivity contribution in [3.8, 4) is 0 Å². The van der Waals surface area contributed by atoms with Gasteiger partial charge >= 0.3 is 0 Å². The van der Waals surface area contributed by atoms with Crippen LogP contribution in [0.5, 0.6) is 0 Å². The third kappa shape index (κ3) is 2.24. The van der Waals surface area contributed by atoms with Crippen LogP contribution < -0.4 is 0 Å². The van der Waals surface area contributed by atoms with Crippen LogP contribution in [-0.4, -0.2) is 14.5 Å². The van der Waals surface area contributed by atoms with E-state index in [1.54, 1.807) is 12.5 Å². The van der Waals surface area contributed by atoms with E-state index >= 15 is 0 Å².